The third-order valence-corrected chi connectivity index (χ3v) is 6.11. The highest BCUT2D eigenvalue weighted by Gasteiger charge is 2.24. The molecule has 1 heterocycles. The van der Waals surface area contributed by atoms with Gasteiger partial charge in [-0.25, -0.2) is 13.1 Å². The lowest BCUT2D eigenvalue weighted by Gasteiger charge is -2.35. The van der Waals surface area contributed by atoms with E-state index in [0.29, 0.717) is 23.3 Å². The van der Waals surface area contributed by atoms with E-state index in [1.807, 2.05) is 12.1 Å². The lowest BCUT2D eigenvalue weighted by atomic mass is 10.0. The number of hydrogen-bond acceptors (Lipinski definition) is 4. The molecule has 0 bridgehead atoms. The molecule has 0 saturated carbocycles. The molecule has 1 N–H and O–H groups in total. The van der Waals surface area contributed by atoms with Gasteiger partial charge in [0.05, 0.1) is 18.1 Å². The maximum atomic E-state index is 12.6. The highest BCUT2D eigenvalue weighted by Crippen LogP contribution is 2.18. The molecule has 25 heavy (non-hydrogen) atoms. The molecule has 0 aliphatic carbocycles. The van der Waals surface area contributed by atoms with Gasteiger partial charge in [-0.3, -0.25) is 4.90 Å². The first kappa shape index (κ1) is 20.4. The Morgan fingerprint density at radius 3 is 2.20 bits per heavy atom. The second-order valence-corrected chi connectivity index (χ2v) is 9.27. The monoisotopic (exact) mass is 368 g/mol. The standard InChI is InChI=1S/C19H32N2O3S/c1-15(2)13-18(21-9-11-24-12-10-21)14-20-25(22,23)19-7-5-17(6-8-19)16(3)4/h5-8,15-16,18,20H,9-14H2,1-4H3. The quantitative estimate of drug-likeness (QED) is 0.766. The minimum Gasteiger partial charge on any atom is -0.379 e. The van der Waals surface area contributed by atoms with Crippen LogP contribution in [0.4, 0.5) is 0 Å². The van der Waals surface area contributed by atoms with Crippen LogP contribution in [0.25, 0.3) is 0 Å². The molecule has 1 unspecified atom stereocenters. The molecule has 0 spiro atoms. The average Bonchev–Trinajstić information content (AvgIpc) is 2.59. The summed E-state index contributed by atoms with van der Waals surface area (Å²) >= 11 is 0. The maximum absolute atomic E-state index is 12.6. The highest BCUT2D eigenvalue weighted by molar-refractivity contribution is 7.89. The minimum absolute atomic E-state index is 0.202. The fourth-order valence-corrected chi connectivity index (χ4v) is 4.24. The second kappa shape index (κ2) is 9.12. The number of nitrogens with one attached hydrogen (secondary N) is 1. The number of ether oxygens (including phenoxy) is 1. The normalized spacial score (nSPS) is 18.0. The lowest BCUT2D eigenvalue weighted by molar-refractivity contribution is 0.0134. The van der Waals surface area contributed by atoms with Crippen molar-refractivity contribution in [2.75, 3.05) is 32.8 Å². The molecule has 1 fully saturated rings. The molecular weight excluding hydrogens is 336 g/mol. The van der Waals surface area contributed by atoms with E-state index in [4.69, 9.17) is 4.74 Å². The van der Waals surface area contributed by atoms with Crippen LogP contribution in [0.3, 0.4) is 0 Å². The molecule has 1 atom stereocenters. The van der Waals surface area contributed by atoms with Crippen molar-refractivity contribution in [1.82, 2.24) is 9.62 Å². The van der Waals surface area contributed by atoms with Gasteiger partial charge in [-0.05, 0) is 36.0 Å². The Hall–Kier alpha value is -0.950. The van der Waals surface area contributed by atoms with Crippen molar-refractivity contribution in [2.45, 2.75) is 51.0 Å². The Labute approximate surface area is 152 Å². The summed E-state index contributed by atoms with van der Waals surface area (Å²) in [6.07, 6.45) is 0.967. The molecule has 0 amide bonds. The molecule has 1 aromatic rings. The first-order chi connectivity index (χ1) is 11.8. The van der Waals surface area contributed by atoms with Crippen LogP contribution in [0.15, 0.2) is 29.2 Å². The number of benzene rings is 1. The van der Waals surface area contributed by atoms with E-state index >= 15 is 0 Å². The summed E-state index contributed by atoms with van der Waals surface area (Å²) in [6, 6.07) is 7.39. The van der Waals surface area contributed by atoms with Gasteiger partial charge in [-0.15, -0.1) is 0 Å². The maximum Gasteiger partial charge on any atom is 0.240 e. The van der Waals surface area contributed by atoms with Gasteiger partial charge in [0.1, 0.15) is 0 Å². The van der Waals surface area contributed by atoms with Crippen molar-refractivity contribution in [1.29, 1.82) is 0 Å². The summed E-state index contributed by atoms with van der Waals surface area (Å²) in [5, 5.41) is 0. The fraction of sp³-hybridized carbons (Fsp3) is 0.684. The zero-order valence-electron chi connectivity index (χ0n) is 15.9. The van der Waals surface area contributed by atoms with E-state index in [1.165, 1.54) is 0 Å². The molecule has 1 aliphatic rings. The molecule has 2 rings (SSSR count). The lowest BCUT2D eigenvalue weighted by Crippen LogP contribution is -2.49. The molecule has 6 heteroatoms. The van der Waals surface area contributed by atoms with Gasteiger partial charge in [0.15, 0.2) is 0 Å². The van der Waals surface area contributed by atoms with E-state index in [1.54, 1.807) is 12.1 Å². The van der Waals surface area contributed by atoms with Crippen LogP contribution in [0.1, 0.15) is 45.6 Å². The van der Waals surface area contributed by atoms with Gasteiger partial charge in [-0.2, -0.15) is 0 Å². The third-order valence-electron chi connectivity index (χ3n) is 4.67. The average molecular weight is 369 g/mol. The van der Waals surface area contributed by atoms with Gasteiger partial charge in [0.25, 0.3) is 0 Å². The largest absolute Gasteiger partial charge is 0.379 e. The van der Waals surface area contributed by atoms with E-state index in [0.717, 1.165) is 38.3 Å². The summed E-state index contributed by atoms with van der Waals surface area (Å²) in [5.74, 6) is 0.907. The van der Waals surface area contributed by atoms with Crippen molar-refractivity contribution in [3.8, 4) is 0 Å². The summed E-state index contributed by atoms with van der Waals surface area (Å²) < 4.78 is 33.5. The zero-order chi connectivity index (χ0) is 18.4. The summed E-state index contributed by atoms with van der Waals surface area (Å²) in [5.41, 5.74) is 1.14. The summed E-state index contributed by atoms with van der Waals surface area (Å²) in [7, 11) is -3.48. The van der Waals surface area contributed by atoms with Gasteiger partial charge in [-0.1, -0.05) is 39.8 Å². The number of rotatable bonds is 8. The predicted molar refractivity (Wildman–Crippen MR) is 101 cm³/mol. The van der Waals surface area contributed by atoms with Crippen LogP contribution in [-0.2, 0) is 14.8 Å². The zero-order valence-corrected chi connectivity index (χ0v) is 16.7. The van der Waals surface area contributed by atoms with Gasteiger partial charge in [0, 0.05) is 25.7 Å². The molecule has 1 aromatic carbocycles. The van der Waals surface area contributed by atoms with Crippen LogP contribution < -0.4 is 4.72 Å². The number of morpholine rings is 1. The van der Waals surface area contributed by atoms with Crippen molar-refractivity contribution < 1.29 is 13.2 Å². The Bertz CT molecular complexity index is 621. The molecule has 142 valence electrons. The summed E-state index contributed by atoms with van der Waals surface area (Å²) in [4.78, 5) is 2.68. The first-order valence-corrected chi connectivity index (χ1v) is 10.7. The number of nitrogens with zero attached hydrogens (tertiary/aromatic N) is 1. The molecule has 5 nitrogen and oxygen atoms in total. The van der Waals surface area contributed by atoms with Crippen LogP contribution >= 0.6 is 0 Å². The molecule has 0 radical (unpaired) electrons. The van der Waals surface area contributed by atoms with Crippen LogP contribution in [0.2, 0.25) is 0 Å². The van der Waals surface area contributed by atoms with Crippen molar-refractivity contribution in [3.63, 3.8) is 0 Å². The first-order valence-electron chi connectivity index (χ1n) is 9.21. The predicted octanol–water partition coefficient (Wildman–Crippen LogP) is 2.84. The summed E-state index contributed by atoms with van der Waals surface area (Å²) in [6.45, 7) is 12.1. The van der Waals surface area contributed by atoms with Crippen molar-refractivity contribution in [2.24, 2.45) is 5.92 Å². The topological polar surface area (TPSA) is 58.6 Å². The Morgan fingerprint density at radius 1 is 1.08 bits per heavy atom. The fourth-order valence-electron chi connectivity index (χ4n) is 3.17. The van der Waals surface area contributed by atoms with Gasteiger partial charge >= 0.3 is 0 Å². The molecule has 1 aliphatic heterocycles. The Morgan fingerprint density at radius 2 is 1.68 bits per heavy atom. The van der Waals surface area contributed by atoms with Crippen molar-refractivity contribution >= 4 is 10.0 Å². The third kappa shape index (κ3) is 6.06. The highest BCUT2D eigenvalue weighted by atomic mass is 32.2. The minimum atomic E-state index is -3.48. The van der Waals surface area contributed by atoms with E-state index in [2.05, 4.69) is 37.3 Å². The smallest absolute Gasteiger partial charge is 0.240 e. The van der Waals surface area contributed by atoms with Crippen LogP contribution in [-0.4, -0.2) is 52.2 Å². The molecule has 0 aromatic heterocycles. The molecular formula is C19H32N2O3S. The Kier molecular flexibility index (Phi) is 7.43. The van der Waals surface area contributed by atoms with Gasteiger partial charge in [0.2, 0.25) is 10.0 Å². The van der Waals surface area contributed by atoms with Crippen LogP contribution in [0, 0.1) is 5.92 Å². The van der Waals surface area contributed by atoms with E-state index < -0.39 is 10.0 Å². The number of hydrogen-bond donors (Lipinski definition) is 1. The van der Waals surface area contributed by atoms with E-state index in [9.17, 15) is 8.42 Å². The molecule has 1 saturated heterocycles. The SMILES string of the molecule is CC(C)CC(CNS(=O)(=O)c1ccc(C(C)C)cc1)N1CCOCC1. The van der Waals surface area contributed by atoms with E-state index in [-0.39, 0.29) is 6.04 Å². The van der Waals surface area contributed by atoms with Crippen molar-refractivity contribution in [3.05, 3.63) is 29.8 Å². The van der Waals surface area contributed by atoms with Crippen LogP contribution in [0.5, 0.6) is 0 Å². The Balaban J connectivity index is 2.03. The van der Waals surface area contributed by atoms with Gasteiger partial charge < -0.3 is 4.74 Å². The number of sulfonamides is 1. The second-order valence-electron chi connectivity index (χ2n) is 7.51.